The molecule has 2 rings (SSSR count). The Kier molecular flexibility index (Phi) is 4.77. The summed E-state index contributed by atoms with van der Waals surface area (Å²) in [5, 5.41) is 21.7. The number of aromatic amines is 1. The van der Waals surface area contributed by atoms with Gasteiger partial charge in [0.25, 0.3) is 0 Å². The van der Waals surface area contributed by atoms with Crippen molar-refractivity contribution >= 4 is 10.0 Å². The van der Waals surface area contributed by atoms with Crippen LogP contribution in [-0.2, 0) is 23.0 Å². The molecule has 0 aliphatic heterocycles. The zero-order chi connectivity index (χ0) is 14.4. The smallest absolute Gasteiger partial charge is 0.240 e. The van der Waals surface area contributed by atoms with Gasteiger partial charge in [-0.2, -0.15) is 5.21 Å². The van der Waals surface area contributed by atoms with Crippen LogP contribution >= 0.6 is 0 Å². The first-order valence-electron chi connectivity index (χ1n) is 6.03. The lowest BCUT2D eigenvalue weighted by Crippen LogP contribution is -2.23. The van der Waals surface area contributed by atoms with Gasteiger partial charge in [-0.25, -0.2) is 13.1 Å². The summed E-state index contributed by atoms with van der Waals surface area (Å²) in [6.07, 6.45) is 1.37. The van der Waals surface area contributed by atoms with Crippen molar-refractivity contribution in [1.29, 1.82) is 0 Å². The summed E-state index contributed by atoms with van der Waals surface area (Å²) in [5.74, 6) is 0.271. The van der Waals surface area contributed by atoms with E-state index in [0.29, 0.717) is 12.8 Å². The number of aliphatic hydroxyl groups excluding tert-OH is 1. The third-order valence-electron chi connectivity index (χ3n) is 2.67. The van der Waals surface area contributed by atoms with Crippen LogP contribution in [0.1, 0.15) is 17.8 Å². The number of sulfonamides is 1. The normalized spacial score (nSPS) is 11.7. The number of aryl methyl sites for hydroxylation is 1. The zero-order valence-electron chi connectivity index (χ0n) is 10.7. The summed E-state index contributed by atoms with van der Waals surface area (Å²) in [6.45, 7) is 0.0946. The van der Waals surface area contributed by atoms with Gasteiger partial charge in [0, 0.05) is 6.61 Å². The second kappa shape index (κ2) is 6.55. The molecule has 0 atom stereocenters. The van der Waals surface area contributed by atoms with Gasteiger partial charge in [-0.05, 0) is 30.5 Å². The molecule has 20 heavy (non-hydrogen) atoms. The number of nitrogens with zero attached hydrogens (tertiary/aromatic N) is 3. The Labute approximate surface area is 116 Å². The van der Waals surface area contributed by atoms with Crippen LogP contribution in [0.25, 0.3) is 0 Å². The van der Waals surface area contributed by atoms with Crippen LogP contribution in [0.15, 0.2) is 29.2 Å². The van der Waals surface area contributed by atoms with Crippen LogP contribution < -0.4 is 4.72 Å². The van der Waals surface area contributed by atoms with Gasteiger partial charge in [-0.1, -0.05) is 17.3 Å². The van der Waals surface area contributed by atoms with Crippen molar-refractivity contribution < 1.29 is 13.5 Å². The molecule has 1 heterocycles. The summed E-state index contributed by atoms with van der Waals surface area (Å²) in [4.78, 5) is 0.175. The summed E-state index contributed by atoms with van der Waals surface area (Å²) in [5.41, 5.74) is 0.983. The van der Waals surface area contributed by atoms with Gasteiger partial charge in [0.05, 0.1) is 11.4 Å². The molecule has 2 aromatic rings. The maximum absolute atomic E-state index is 12.0. The van der Waals surface area contributed by atoms with E-state index in [9.17, 15) is 8.42 Å². The van der Waals surface area contributed by atoms with E-state index >= 15 is 0 Å². The maximum Gasteiger partial charge on any atom is 0.240 e. The molecular formula is C11H15N5O3S. The molecule has 3 N–H and O–H groups in total. The predicted octanol–water partition coefficient (Wildman–Crippen LogP) is -0.397. The molecule has 0 amide bonds. The molecule has 9 heteroatoms. The highest BCUT2D eigenvalue weighted by Crippen LogP contribution is 2.12. The molecular weight excluding hydrogens is 282 g/mol. The second-order valence-corrected chi connectivity index (χ2v) is 5.89. The number of nitrogens with one attached hydrogen (secondary N) is 2. The quantitative estimate of drug-likeness (QED) is 0.639. The molecule has 1 aromatic carbocycles. The predicted molar refractivity (Wildman–Crippen MR) is 70.1 cm³/mol. The van der Waals surface area contributed by atoms with E-state index in [-0.39, 0.29) is 23.9 Å². The van der Waals surface area contributed by atoms with Crippen molar-refractivity contribution in [3.05, 3.63) is 35.7 Å². The molecule has 1 aromatic heterocycles. The highest BCUT2D eigenvalue weighted by Gasteiger charge is 2.14. The lowest BCUT2D eigenvalue weighted by Gasteiger charge is -2.06. The molecule has 8 nitrogen and oxygen atoms in total. The van der Waals surface area contributed by atoms with Gasteiger partial charge in [-0.15, -0.1) is 10.2 Å². The summed E-state index contributed by atoms with van der Waals surface area (Å²) >= 11 is 0. The SMILES string of the molecule is O=S(=O)(NCc1nn[nH]n1)c1ccc(CCCO)cc1. The Morgan fingerprint density at radius 3 is 2.60 bits per heavy atom. The summed E-state index contributed by atoms with van der Waals surface area (Å²) in [7, 11) is -3.59. The number of H-pyrrole nitrogens is 1. The third kappa shape index (κ3) is 3.83. The van der Waals surface area contributed by atoms with Crippen LogP contribution in [0, 0.1) is 0 Å². The van der Waals surface area contributed by atoms with Crippen molar-refractivity contribution in [2.24, 2.45) is 0 Å². The van der Waals surface area contributed by atoms with Gasteiger partial charge >= 0.3 is 0 Å². The van der Waals surface area contributed by atoms with Crippen molar-refractivity contribution in [3.8, 4) is 0 Å². The van der Waals surface area contributed by atoms with Gasteiger partial charge in [0.15, 0.2) is 5.82 Å². The van der Waals surface area contributed by atoms with Crippen molar-refractivity contribution in [2.45, 2.75) is 24.3 Å². The number of hydrogen-bond donors (Lipinski definition) is 3. The first kappa shape index (κ1) is 14.6. The Morgan fingerprint density at radius 1 is 1.25 bits per heavy atom. The Bertz CT molecular complexity index is 625. The molecule has 0 bridgehead atoms. The van der Waals surface area contributed by atoms with Gasteiger partial charge in [0.2, 0.25) is 10.0 Å². The Balaban J connectivity index is 2.01. The standard InChI is InChI=1S/C11H15N5O3S/c17-7-1-2-9-3-5-10(6-4-9)20(18,19)12-8-11-13-15-16-14-11/h3-6,12,17H,1-2,7-8H2,(H,13,14,15,16). The van der Waals surface area contributed by atoms with Crippen molar-refractivity contribution in [1.82, 2.24) is 25.3 Å². The maximum atomic E-state index is 12.0. The summed E-state index contributed by atoms with van der Waals surface area (Å²) in [6, 6.07) is 6.54. The largest absolute Gasteiger partial charge is 0.396 e. The zero-order valence-corrected chi connectivity index (χ0v) is 11.5. The molecule has 0 unspecified atom stereocenters. The number of tetrazole rings is 1. The van der Waals surface area contributed by atoms with Gasteiger partial charge < -0.3 is 5.11 Å². The lowest BCUT2D eigenvalue weighted by molar-refractivity contribution is 0.288. The fourth-order valence-electron chi connectivity index (χ4n) is 1.62. The summed E-state index contributed by atoms with van der Waals surface area (Å²) < 4.78 is 26.4. The average Bonchev–Trinajstić information content (AvgIpc) is 2.97. The van der Waals surface area contributed by atoms with Gasteiger partial charge in [0.1, 0.15) is 0 Å². The van der Waals surface area contributed by atoms with E-state index in [1.807, 2.05) is 0 Å². The minimum absolute atomic E-state index is 0.0227. The molecule has 0 aliphatic carbocycles. The Hall–Kier alpha value is -1.84. The van der Waals surface area contributed by atoms with E-state index in [1.165, 1.54) is 12.1 Å². The molecule has 108 valence electrons. The van der Waals surface area contributed by atoms with Crippen LogP contribution in [0.4, 0.5) is 0 Å². The number of aromatic nitrogens is 4. The Morgan fingerprint density at radius 2 is 2.00 bits per heavy atom. The van der Waals surface area contributed by atoms with E-state index in [4.69, 9.17) is 5.11 Å². The topological polar surface area (TPSA) is 121 Å². The molecule has 0 radical (unpaired) electrons. The fraction of sp³-hybridized carbons (Fsp3) is 0.364. The monoisotopic (exact) mass is 297 g/mol. The number of rotatable bonds is 7. The minimum Gasteiger partial charge on any atom is -0.396 e. The molecule has 0 aliphatic rings. The van der Waals surface area contributed by atoms with Gasteiger partial charge in [-0.3, -0.25) is 0 Å². The fourth-order valence-corrected chi connectivity index (χ4v) is 2.60. The number of benzene rings is 1. The van der Waals surface area contributed by atoms with Crippen molar-refractivity contribution in [3.63, 3.8) is 0 Å². The molecule has 0 fully saturated rings. The van der Waals surface area contributed by atoms with E-state index in [2.05, 4.69) is 25.3 Å². The first-order valence-corrected chi connectivity index (χ1v) is 7.52. The van der Waals surface area contributed by atoms with Crippen LogP contribution in [0.3, 0.4) is 0 Å². The molecule has 0 saturated carbocycles. The van der Waals surface area contributed by atoms with Crippen molar-refractivity contribution in [2.75, 3.05) is 6.61 Å². The third-order valence-corrected chi connectivity index (χ3v) is 4.08. The van der Waals surface area contributed by atoms with Crippen LogP contribution in [0.2, 0.25) is 0 Å². The van der Waals surface area contributed by atoms with Crippen LogP contribution in [-0.4, -0.2) is 40.8 Å². The van der Waals surface area contributed by atoms with E-state index < -0.39 is 10.0 Å². The number of aliphatic hydroxyl groups is 1. The highest BCUT2D eigenvalue weighted by atomic mass is 32.2. The lowest BCUT2D eigenvalue weighted by atomic mass is 10.1. The average molecular weight is 297 g/mol. The molecule has 0 saturated heterocycles. The molecule has 0 spiro atoms. The minimum atomic E-state index is -3.59. The highest BCUT2D eigenvalue weighted by molar-refractivity contribution is 7.89. The van der Waals surface area contributed by atoms with E-state index in [1.54, 1.807) is 12.1 Å². The first-order chi connectivity index (χ1) is 9.62. The van der Waals surface area contributed by atoms with E-state index in [0.717, 1.165) is 5.56 Å². The number of hydrogen-bond acceptors (Lipinski definition) is 6. The second-order valence-electron chi connectivity index (χ2n) is 4.12. The van der Waals surface area contributed by atoms with Crippen LogP contribution in [0.5, 0.6) is 0 Å².